The van der Waals surface area contributed by atoms with Crippen molar-refractivity contribution in [3.8, 4) is 11.5 Å². The van der Waals surface area contributed by atoms with Crippen LogP contribution in [0.5, 0.6) is 11.5 Å². The molecule has 0 aliphatic rings. The number of hydrogen-bond donors (Lipinski definition) is 1. The molecule has 0 radical (unpaired) electrons. The Kier molecular flexibility index (Phi) is 6.54. The zero-order valence-electron chi connectivity index (χ0n) is 17.0. The largest absolute Gasteiger partial charge is 0.497 e. The van der Waals surface area contributed by atoms with Crippen LogP contribution in [-0.2, 0) is 6.54 Å². The Morgan fingerprint density at radius 3 is 2.59 bits per heavy atom. The van der Waals surface area contributed by atoms with E-state index in [1.54, 1.807) is 37.3 Å². The summed E-state index contributed by atoms with van der Waals surface area (Å²) >= 11 is 0. The van der Waals surface area contributed by atoms with Crippen molar-refractivity contribution in [1.82, 2.24) is 9.88 Å². The molecule has 29 heavy (non-hydrogen) atoms. The Morgan fingerprint density at radius 1 is 1.07 bits per heavy atom. The van der Waals surface area contributed by atoms with E-state index < -0.39 is 0 Å². The second kappa shape index (κ2) is 9.28. The summed E-state index contributed by atoms with van der Waals surface area (Å²) < 4.78 is 10.6. The highest BCUT2D eigenvalue weighted by Gasteiger charge is 2.20. The van der Waals surface area contributed by atoms with Gasteiger partial charge in [-0.3, -0.25) is 9.59 Å². The van der Waals surface area contributed by atoms with E-state index >= 15 is 0 Å². The topological polar surface area (TPSA) is 71.6 Å². The van der Waals surface area contributed by atoms with Crippen LogP contribution in [0.3, 0.4) is 0 Å². The van der Waals surface area contributed by atoms with Gasteiger partial charge in [-0.1, -0.05) is 25.5 Å². The van der Waals surface area contributed by atoms with Crippen molar-refractivity contribution in [3.05, 3.63) is 70.0 Å². The minimum absolute atomic E-state index is 0.148. The van der Waals surface area contributed by atoms with Gasteiger partial charge in [0.25, 0.3) is 11.5 Å². The Hall–Kier alpha value is -3.28. The van der Waals surface area contributed by atoms with Gasteiger partial charge in [-0.15, -0.1) is 0 Å². The molecule has 0 bridgehead atoms. The van der Waals surface area contributed by atoms with Gasteiger partial charge >= 0.3 is 0 Å². The number of nitrogens with one attached hydrogen (secondary N) is 1. The molecule has 0 fully saturated rings. The molecule has 1 aromatic heterocycles. The number of nitrogens with zero attached hydrogens (tertiary/aromatic N) is 1. The van der Waals surface area contributed by atoms with Crippen LogP contribution in [0.1, 0.15) is 35.7 Å². The predicted octanol–water partition coefficient (Wildman–Crippen LogP) is 3.99. The highest BCUT2D eigenvalue weighted by Crippen LogP contribution is 2.22. The van der Waals surface area contributed by atoms with Crippen LogP contribution < -0.4 is 15.0 Å². The van der Waals surface area contributed by atoms with Gasteiger partial charge in [0.1, 0.15) is 11.5 Å². The number of ether oxygens (including phenoxy) is 2. The second-order valence-corrected chi connectivity index (χ2v) is 6.86. The molecule has 0 atom stereocenters. The number of unbranched alkanes of at least 4 members (excludes halogenated alkanes) is 1. The number of aromatic amines is 1. The number of pyridine rings is 1. The summed E-state index contributed by atoms with van der Waals surface area (Å²) in [7, 11) is 3.13. The average Bonchev–Trinajstić information content (AvgIpc) is 2.75. The molecule has 0 aliphatic carbocycles. The zero-order valence-corrected chi connectivity index (χ0v) is 17.0. The smallest absolute Gasteiger partial charge is 0.257 e. The molecule has 0 aliphatic heterocycles. The minimum Gasteiger partial charge on any atom is -0.497 e. The van der Waals surface area contributed by atoms with Crippen molar-refractivity contribution < 1.29 is 14.3 Å². The highest BCUT2D eigenvalue weighted by atomic mass is 16.5. The second-order valence-electron chi connectivity index (χ2n) is 6.86. The number of aromatic nitrogens is 1. The number of carbonyl (C=O) groups excluding carboxylic acids is 1. The Bertz CT molecular complexity index is 1060. The molecule has 1 heterocycles. The zero-order chi connectivity index (χ0) is 20.8. The van der Waals surface area contributed by atoms with E-state index in [0.717, 1.165) is 18.2 Å². The first-order valence-corrected chi connectivity index (χ1v) is 9.69. The number of rotatable bonds is 8. The molecule has 152 valence electrons. The molecule has 3 aromatic rings. The molecule has 0 saturated carbocycles. The van der Waals surface area contributed by atoms with E-state index in [-0.39, 0.29) is 18.0 Å². The van der Waals surface area contributed by atoms with Crippen LogP contribution in [0.15, 0.2) is 53.3 Å². The first-order valence-electron chi connectivity index (χ1n) is 9.69. The van der Waals surface area contributed by atoms with Crippen LogP contribution in [0.2, 0.25) is 0 Å². The van der Waals surface area contributed by atoms with Gasteiger partial charge in [-0.25, -0.2) is 0 Å². The van der Waals surface area contributed by atoms with Crippen LogP contribution >= 0.6 is 0 Å². The molecular weight excluding hydrogens is 368 g/mol. The standard InChI is InChI=1S/C23H26N2O4/c1-4-5-12-25(23(27)19-8-6-7-9-21(19)29-3)15-17-13-16-10-11-18(28-2)14-20(16)24-22(17)26/h6-11,13-14H,4-5,12,15H2,1-3H3,(H,24,26). The van der Waals surface area contributed by atoms with E-state index in [9.17, 15) is 9.59 Å². The molecule has 6 nitrogen and oxygen atoms in total. The number of hydrogen-bond acceptors (Lipinski definition) is 4. The molecule has 6 heteroatoms. The van der Waals surface area contributed by atoms with Gasteiger partial charge in [-0.2, -0.15) is 0 Å². The van der Waals surface area contributed by atoms with E-state index in [1.807, 2.05) is 30.3 Å². The van der Waals surface area contributed by atoms with Gasteiger partial charge in [0.15, 0.2) is 0 Å². The number of H-pyrrole nitrogens is 1. The third kappa shape index (κ3) is 4.59. The number of amides is 1. The quantitative estimate of drug-likeness (QED) is 0.627. The van der Waals surface area contributed by atoms with Crippen LogP contribution in [0.4, 0.5) is 0 Å². The van der Waals surface area contributed by atoms with Crippen LogP contribution in [0, 0.1) is 0 Å². The lowest BCUT2D eigenvalue weighted by Gasteiger charge is -2.23. The van der Waals surface area contributed by atoms with Crippen LogP contribution in [-0.4, -0.2) is 36.6 Å². The summed E-state index contributed by atoms with van der Waals surface area (Å²) in [6.45, 7) is 2.86. The van der Waals surface area contributed by atoms with Crippen molar-refractivity contribution in [1.29, 1.82) is 0 Å². The molecule has 0 spiro atoms. The summed E-state index contributed by atoms with van der Waals surface area (Å²) in [6, 6.07) is 14.5. The summed E-state index contributed by atoms with van der Waals surface area (Å²) in [4.78, 5) is 30.5. The first kappa shape index (κ1) is 20.5. The number of para-hydroxylation sites is 1. The third-order valence-electron chi connectivity index (χ3n) is 4.90. The first-order chi connectivity index (χ1) is 14.1. The molecule has 1 N–H and O–H groups in total. The Morgan fingerprint density at radius 2 is 1.86 bits per heavy atom. The molecule has 0 saturated heterocycles. The lowest BCUT2D eigenvalue weighted by Crippen LogP contribution is -2.34. The number of fused-ring (bicyclic) bond motifs is 1. The van der Waals surface area contributed by atoms with Gasteiger partial charge in [0.2, 0.25) is 0 Å². The maximum atomic E-state index is 13.2. The lowest BCUT2D eigenvalue weighted by molar-refractivity contribution is 0.0737. The highest BCUT2D eigenvalue weighted by molar-refractivity contribution is 5.97. The van der Waals surface area contributed by atoms with Gasteiger partial charge < -0.3 is 19.4 Å². The summed E-state index contributed by atoms with van der Waals surface area (Å²) in [6.07, 6.45) is 1.80. The average molecular weight is 394 g/mol. The van der Waals surface area contributed by atoms with E-state index in [2.05, 4.69) is 11.9 Å². The van der Waals surface area contributed by atoms with Crippen molar-refractivity contribution in [2.75, 3.05) is 20.8 Å². The predicted molar refractivity (Wildman–Crippen MR) is 114 cm³/mol. The SMILES string of the molecule is CCCCN(Cc1cc2ccc(OC)cc2[nH]c1=O)C(=O)c1ccccc1OC. The van der Waals surface area contributed by atoms with Crippen molar-refractivity contribution >= 4 is 16.8 Å². The lowest BCUT2D eigenvalue weighted by atomic mass is 10.1. The maximum absolute atomic E-state index is 13.2. The Balaban J connectivity index is 1.95. The molecule has 3 rings (SSSR count). The minimum atomic E-state index is -0.208. The summed E-state index contributed by atoms with van der Waals surface area (Å²) in [5.41, 5.74) is 1.53. The van der Waals surface area contributed by atoms with Crippen molar-refractivity contribution in [2.24, 2.45) is 0 Å². The van der Waals surface area contributed by atoms with E-state index in [0.29, 0.717) is 34.7 Å². The number of benzene rings is 2. The van der Waals surface area contributed by atoms with E-state index in [1.165, 1.54) is 0 Å². The Labute approximate surface area is 170 Å². The maximum Gasteiger partial charge on any atom is 0.257 e. The summed E-state index contributed by atoms with van der Waals surface area (Å²) in [5, 5.41) is 0.889. The fourth-order valence-electron chi connectivity index (χ4n) is 3.27. The monoisotopic (exact) mass is 394 g/mol. The molecular formula is C23H26N2O4. The van der Waals surface area contributed by atoms with Gasteiger partial charge in [0, 0.05) is 18.2 Å². The van der Waals surface area contributed by atoms with Gasteiger partial charge in [-0.05, 0) is 42.1 Å². The molecule has 2 aromatic carbocycles. The fraction of sp³-hybridized carbons (Fsp3) is 0.304. The molecule has 0 unspecified atom stereocenters. The summed E-state index contributed by atoms with van der Waals surface area (Å²) in [5.74, 6) is 1.06. The number of carbonyl (C=O) groups is 1. The van der Waals surface area contributed by atoms with Gasteiger partial charge in [0.05, 0.1) is 31.8 Å². The fourth-order valence-corrected chi connectivity index (χ4v) is 3.27. The third-order valence-corrected chi connectivity index (χ3v) is 4.90. The number of methoxy groups -OCH3 is 2. The molecule has 1 amide bonds. The van der Waals surface area contributed by atoms with E-state index in [4.69, 9.17) is 9.47 Å². The van der Waals surface area contributed by atoms with Crippen LogP contribution in [0.25, 0.3) is 10.9 Å². The van der Waals surface area contributed by atoms with Crippen molar-refractivity contribution in [2.45, 2.75) is 26.3 Å². The van der Waals surface area contributed by atoms with Crippen molar-refractivity contribution in [3.63, 3.8) is 0 Å². The normalized spacial score (nSPS) is 10.7.